The number of halogens is 1. The molecule has 0 aliphatic carbocycles. The molecule has 0 aliphatic rings. The van der Waals surface area contributed by atoms with Crippen molar-refractivity contribution in [3.05, 3.63) is 125 Å². The van der Waals surface area contributed by atoms with Crippen LogP contribution in [-0.2, 0) is 32.6 Å². The molecular weight excluding hydrogens is 654 g/mol. The minimum Gasteiger partial charge on any atom is -0.457 e. The summed E-state index contributed by atoms with van der Waals surface area (Å²) in [6.07, 6.45) is 3.04. The molecule has 0 saturated carbocycles. The Hall–Kier alpha value is -4.15. The van der Waals surface area contributed by atoms with Crippen LogP contribution < -0.4 is 14.4 Å². The number of unbranched alkanes of at least 4 members (excludes halogenated alkanes) is 1. The van der Waals surface area contributed by atoms with E-state index in [-0.39, 0.29) is 18.9 Å². The van der Waals surface area contributed by atoms with Crippen molar-refractivity contribution in [2.45, 2.75) is 38.8 Å². The number of anilines is 1. The van der Waals surface area contributed by atoms with Crippen LogP contribution in [0.2, 0.25) is 0 Å². The number of para-hydroxylation sites is 1. The molecule has 4 aromatic rings. The molecule has 8 nitrogen and oxygen atoms in total. The summed E-state index contributed by atoms with van der Waals surface area (Å²) in [6, 6.07) is 31.9. The standard InChI is InChI=1S/C35H38BrN3O5S/c1-3-4-23-37-35(41)33(24-27-11-7-5-8-12-27)38(25-28-15-17-29(36)18-16-28)34(40)26-39(45(2,42)43)30-19-21-32(22-20-30)44-31-13-9-6-10-14-31/h5-22,33H,3-4,23-26H2,1-2H3,(H,37,41)/t33-/m1/s1. The van der Waals surface area contributed by atoms with Crippen LogP contribution in [-0.4, -0.2) is 50.5 Å². The van der Waals surface area contributed by atoms with Crippen molar-refractivity contribution >= 4 is 43.5 Å². The molecule has 2 amide bonds. The van der Waals surface area contributed by atoms with E-state index < -0.39 is 28.5 Å². The molecule has 10 heteroatoms. The maximum atomic E-state index is 14.2. The van der Waals surface area contributed by atoms with Crippen molar-refractivity contribution < 1.29 is 22.7 Å². The number of nitrogens with zero attached hydrogens (tertiary/aromatic N) is 2. The molecule has 0 aliphatic heterocycles. The summed E-state index contributed by atoms with van der Waals surface area (Å²) in [6.45, 7) is 2.15. The predicted molar refractivity (Wildman–Crippen MR) is 182 cm³/mol. The van der Waals surface area contributed by atoms with Crippen LogP contribution in [0.3, 0.4) is 0 Å². The van der Waals surface area contributed by atoms with Gasteiger partial charge in [-0.1, -0.05) is 89.9 Å². The highest BCUT2D eigenvalue weighted by molar-refractivity contribution is 9.10. The topological polar surface area (TPSA) is 96.0 Å². The number of rotatable bonds is 15. The van der Waals surface area contributed by atoms with Crippen LogP contribution in [0.15, 0.2) is 114 Å². The SMILES string of the molecule is CCCCNC(=O)[C@@H](Cc1ccccc1)N(Cc1ccc(Br)cc1)C(=O)CN(c1ccc(Oc2ccccc2)cc1)S(C)(=O)=O. The van der Waals surface area contributed by atoms with Crippen LogP contribution in [0.4, 0.5) is 5.69 Å². The Balaban J connectivity index is 1.66. The fourth-order valence-corrected chi connectivity index (χ4v) is 5.88. The molecule has 45 heavy (non-hydrogen) atoms. The molecule has 0 unspecified atom stereocenters. The Morgan fingerprint density at radius 2 is 1.42 bits per heavy atom. The van der Waals surface area contributed by atoms with Crippen molar-refractivity contribution in [2.24, 2.45) is 0 Å². The van der Waals surface area contributed by atoms with E-state index in [0.717, 1.165) is 39.0 Å². The quantitative estimate of drug-likeness (QED) is 0.142. The highest BCUT2D eigenvalue weighted by atomic mass is 79.9. The van der Waals surface area contributed by atoms with Gasteiger partial charge in [0.2, 0.25) is 21.8 Å². The molecule has 1 N–H and O–H groups in total. The number of nitrogens with one attached hydrogen (secondary N) is 1. The average Bonchev–Trinajstić information content (AvgIpc) is 3.03. The van der Waals surface area contributed by atoms with Gasteiger partial charge in [0.05, 0.1) is 11.9 Å². The first-order valence-electron chi connectivity index (χ1n) is 14.8. The van der Waals surface area contributed by atoms with Gasteiger partial charge in [0.15, 0.2) is 0 Å². The second-order valence-electron chi connectivity index (χ2n) is 10.7. The van der Waals surface area contributed by atoms with Crippen LogP contribution in [0.1, 0.15) is 30.9 Å². The van der Waals surface area contributed by atoms with Gasteiger partial charge in [-0.05, 0) is 66.1 Å². The van der Waals surface area contributed by atoms with Gasteiger partial charge in [0, 0.05) is 24.0 Å². The molecule has 0 heterocycles. The maximum Gasteiger partial charge on any atom is 0.244 e. The summed E-state index contributed by atoms with van der Waals surface area (Å²) < 4.78 is 33.9. The molecule has 0 radical (unpaired) electrons. The summed E-state index contributed by atoms with van der Waals surface area (Å²) in [5.74, 6) is 0.379. The largest absolute Gasteiger partial charge is 0.457 e. The average molecular weight is 693 g/mol. The van der Waals surface area contributed by atoms with Crippen molar-refractivity contribution in [3.8, 4) is 11.5 Å². The number of sulfonamides is 1. The number of hydrogen-bond donors (Lipinski definition) is 1. The smallest absolute Gasteiger partial charge is 0.244 e. The van der Waals surface area contributed by atoms with Gasteiger partial charge in [-0.2, -0.15) is 0 Å². The highest BCUT2D eigenvalue weighted by Crippen LogP contribution is 2.26. The van der Waals surface area contributed by atoms with Crippen molar-refractivity contribution in [2.75, 3.05) is 23.7 Å². The highest BCUT2D eigenvalue weighted by Gasteiger charge is 2.33. The molecule has 0 bridgehead atoms. The molecular formula is C35H38BrN3O5S. The third kappa shape index (κ3) is 10.2. The lowest BCUT2D eigenvalue weighted by Crippen LogP contribution is -2.53. The first-order valence-corrected chi connectivity index (χ1v) is 17.4. The predicted octanol–water partition coefficient (Wildman–Crippen LogP) is 6.56. The third-order valence-electron chi connectivity index (χ3n) is 7.15. The van der Waals surface area contributed by atoms with E-state index in [4.69, 9.17) is 4.74 Å². The van der Waals surface area contributed by atoms with Gasteiger partial charge < -0.3 is 15.0 Å². The summed E-state index contributed by atoms with van der Waals surface area (Å²) in [5.41, 5.74) is 2.00. The Labute approximate surface area is 274 Å². The van der Waals surface area contributed by atoms with Crippen LogP contribution in [0.5, 0.6) is 11.5 Å². The van der Waals surface area contributed by atoms with Crippen LogP contribution in [0, 0.1) is 0 Å². The van der Waals surface area contributed by atoms with Crippen LogP contribution >= 0.6 is 15.9 Å². The van der Waals surface area contributed by atoms with E-state index in [0.29, 0.717) is 23.7 Å². The minimum atomic E-state index is -3.88. The normalized spacial score (nSPS) is 11.8. The van der Waals surface area contributed by atoms with Gasteiger partial charge in [0.1, 0.15) is 24.1 Å². The van der Waals surface area contributed by atoms with E-state index >= 15 is 0 Å². The summed E-state index contributed by atoms with van der Waals surface area (Å²) in [5, 5.41) is 2.99. The molecule has 236 valence electrons. The molecule has 4 aromatic carbocycles. The number of hydrogen-bond acceptors (Lipinski definition) is 5. The Kier molecular flexibility index (Phi) is 12.2. The molecule has 0 fully saturated rings. The molecule has 0 spiro atoms. The van der Waals surface area contributed by atoms with E-state index in [1.165, 1.54) is 4.90 Å². The van der Waals surface area contributed by atoms with E-state index in [2.05, 4.69) is 21.2 Å². The van der Waals surface area contributed by atoms with Gasteiger partial charge >= 0.3 is 0 Å². The van der Waals surface area contributed by atoms with Crippen LogP contribution in [0.25, 0.3) is 0 Å². The lowest BCUT2D eigenvalue weighted by atomic mass is 10.0. The lowest BCUT2D eigenvalue weighted by molar-refractivity contribution is -0.140. The molecule has 0 aromatic heterocycles. The number of ether oxygens (including phenoxy) is 1. The molecule has 0 saturated heterocycles. The number of carbonyl (C=O) groups is 2. The van der Waals surface area contributed by atoms with Crippen molar-refractivity contribution in [1.29, 1.82) is 0 Å². The molecule has 1 atom stereocenters. The summed E-state index contributed by atoms with van der Waals surface area (Å²) in [7, 11) is -3.88. The monoisotopic (exact) mass is 691 g/mol. The Morgan fingerprint density at radius 1 is 0.822 bits per heavy atom. The lowest BCUT2D eigenvalue weighted by Gasteiger charge is -2.33. The van der Waals surface area contributed by atoms with Gasteiger partial charge in [-0.3, -0.25) is 13.9 Å². The van der Waals surface area contributed by atoms with Gasteiger partial charge in [-0.25, -0.2) is 8.42 Å². The number of carbonyl (C=O) groups excluding carboxylic acids is 2. The van der Waals surface area contributed by atoms with E-state index in [1.807, 2.05) is 91.9 Å². The first kappa shape index (κ1) is 33.7. The molecule has 4 rings (SSSR count). The first-order chi connectivity index (χ1) is 21.6. The maximum absolute atomic E-state index is 14.2. The van der Waals surface area contributed by atoms with Crippen molar-refractivity contribution in [3.63, 3.8) is 0 Å². The van der Waals surface area contributed by atoms with E-state index in [9.17, 15) is 18.0 Å². The van der Waals surface area contributed by atoms with Gasteiger partial charge in [-0.15, -0.1) is 0 Å². The van der Waals surface area contributed by atoms with Crippen molar-refractivity contribution in [1.82, 2.24) is 10.2 Å². The number of amides is 2. The second-order valence-corrected chi connectivity index (χ2v) is 13.5. The zero-order valence-electron chi connectivity index (χ0n) is 25.4. The third-order valence-corrected chi connectivity index (χ3v) is 8.82. The minimum absolute atomic E-state index is 0.117. The van der Waals surface area contributed by atoms with E-state index in [1.54, 1.807) is 24.3 Å². The Morgan fingerprint density at radius 3 is 2.02 bits per heavy atom. The summed E-state index contributed by atoms with van der Waals surface area (Å²) >= 11 is 3.45. The fourth-order valence-electron chi connectivity index (χ4n) is 4.77. The fraction of sp³-hybridized carbons (Fsp3) is 0.257. The second kappa shape index (κ2) is 16.2. The zero-order valence-corrected chi connectivity index (χ0v) is 27.8. The zero-order chi connectivity index (χ0) is 32.2. The number of benzene rings is 4. The summed E-state index contributed by atoms with van der Waals surface area (Å²) in [4.78, 5) is 29.4. The van der Waals surface area contributed by atoms with Gasteiger partial charge in [0.25, 0.3) is 0 Å². The Bertz CT molecular complexity index is 1630.